The van der Waals surface area contributed by atoms with Crippen LogP contribution in [0.4, 0.5) is 0 Å². The molecule has 0 saturated carbocycles. The zero-order valence-corrected chi connectivity index (χ0v) is 14.1. The first kappa shape index (κ1) is 20.4. The van der Waals surface area contributed by atoms with Crippen molar-refractivity contribution in [1.82, 2.24) is 0 Å². The molecular weight excluding hydrogens is 328 g/mol. The van der Waals surface area contributed by atoms with E-state index < -0.39 is 24.0 Å². The number of carbonyl (C=O) groups excluding carboxylic acids is 2. The van der Waals surface area contributed by atoms with Crippen LogP contribution in [0.25, 0.3) is 0 Å². The number of aliphatic hydroxyl groups excluding tert-OH is 1. The monoisotopic (exact) mass is 350 g/mol. The predicted octanol–water partition coefficient (Wildman–Crippen LogP) is 2.19. The Bertz CT molecular complexity index is 636. The number of rotatable bonds is 10. The highest BCUT2D eigenvalue weighted by atomic mass is 16.6. The molecule has 136 valence electrons. The van der Waals surface area contributed by atoms with Gasteiger partial charge in [-0.1, -0.05) is 18.7 Å². The van der Waals surface area contributed by atoms with Gasteiger partial charge in [0.2, 0.25) is 0 Å². The van der Waals surface area contributed by atoms with Crippen LogP contribution in [0, 0.1) is 0 Å². The maximum atomic E-state index is 12.1. The molecule has 1 unspecified atom stereocenters. The first-order valence-corrected chi connectivity index (χ1v) is 7.83. The lowest BCUT2D eigenvalue weighted by atomic mass is 10.1. The van der Waals surface area contributed by atoms with E-state index >= 15 is 0 Å². The second-order valence-corrected chi connectivity index (χ2v) is 5.48. The molecule has 0 aromatic heterocycles. The van der Waals surface area contributed by atoms with Crippen molar-refractivity contribution >= 4 is 17.9 Å². The van der Waals surface area contributed by atoms with Gasteiger partial charge < -0.3 is 19.7 Å². The number of aromatic carboxylic acids is 1. The van der Waals surface area contributed by atoms with E-state index in [4.69, 9.17) is 19.7 Å². The smallest absolute Gasteiger partial charge is 0.339 e. The summed E-state index contributed by atoms with van der Waals surface area (Å²) in [6.45, 7) is 4.79. The summed E-state index contributed by atoms with van der Waals surface area (Å²) in [4.78, 5) is 34.9. The molecule has 0 bridgehead atoms. The van der Waals surface area contributed by atoms with E-state index in [0.717, 1.165) is 0 Å². The normalized spacial score (nSPS) is 11.4. The SMILES string of the molecule is C=C(C)C(=O)OC(CCCCO)COC(=O)c1ccccc1C(=O)O. The maximum Gasteiger partial charge on any atom is 0.339 e. The second kappa shape index (κ2) is 10.2. The number of ether oxygens (including phenoxy) is 2. The Labute approximate surface area is 145 Å². The molecule has 25 heavy (non-hydrogen) atoms. The number of hydrogen-bond donors (Lipinski definition) is 2. The summed E-state index contributed by atoms with van der Waals surface area (Å²) < 4.78 is 10.3. The number of aliphatic hydroxyl groups is 1. The van der Waals surface area contributed by atoms with Crippen LogP contribution in [0.2, 0.25) is 0 Å². The van der Waals surface area contributed by atoms with Gasteiger partial charge in [0.15, 0.2) is 0 Å². The fraction of sp³-hybridized carbons (Fsp3) is 0.389. The summed E-state index contributed by atoms with van der Waals surface area (Å²) in [5, 5.41) is 17.9. The number of carbonyl (C=O) groups is 3. The van der Waals surface area contributed by atoms with Crippen LogP contribution in [0.3, 0.4) is 0 Å². The first-order chi connectivity index (χ1) is 11.9. The summed E-state index contributed by atoms with van der Waals surface area (Å²) in [5.74, 6) is -2.65. The summed E-state index contributed by atoms with van der Waals surface area (Å²) in [6.07, 6.45) is 0.801. The van der Waals surface area contributed by atoms with E-state index in [1.54, 1.807) is 0 Å². The minimum Gasteiger partial charge on any atom is -0.478 e. The van der Waals surface area contributed by atoms with Gasteiger partial charge in [-0.2, -0.15) is 0 Å². The van der Waals surface area contributed by atoms with E-state index in [2.05, 4.69) is 6.58 Å². The number of carboxylic acid groups (broad SMARTS) is 1. The van der Waals surface area contributed by atoms with Crippen molar-refractivity contribution in [1.29, 1.82) is 0 Å². The third kappa shape index (κ3) is 6.76. The van der Waals surface area contributed by atoms with Crippen LogP contribution in [0.15, 0.2) is 36.4 Å². The van der Waals surface area contributed by atoms with E-state index in [1.807, 2.05) is 0 Å². The Hall–Kier alpha value is -2.67. The third-order valence-corrected chi connectivity index (χ3v) is 3.33. The van der Waals surface area contributed by atoms with Crippen molar-refractivity contribution in [2.24, 2.45) is 0 Å². The number of hydrogen-bond acceptors (Lipinski definition) is 6. The average Bonchev–Trinajstić information content (AvgIpc) is 2.59. The standard InChI is InChI=1S/C18H22O7/c1-12(2)17(22)25-13(7-5-6-10-19)11-24-18(23)15-9-4-3-8-14(15)16(20)21/h3-4,8-9,13,19H,1,5-7,10-11H2,2H3,(H,20,21). The van der Waals surface area contributed by atoms with Crippen LogP contribution in [0.5, 0.6) is 0 Å². The minimum absolute atomic E-state index is 0.00687. The summed E-state index contributed by atoms with van der Waals surface area (Å²) >= 11 is 0. The lowest BCUT2D eigenvalue weighted by Gasteiger charge is -2.18. The van der Waals surface area contributed by atoms with Crippen LogP contribution < -0.4 is 0 Å². The first-order valence-electron chi connectivity index (χ1n) is 7.83. The van der Waals surface area contributed by atoms with E-state index in [-0.39, 0.29) is 29.9 Å². The van der Waals surface area contributed by atoms with Crippen molar-refractivity contribution in [2.75, 3.05) is 13.2 Å². The number of carboxylic acids is 1. The van der Waals surface area contributed by atoms with Crippen molar-refractivity contribution < 1.29 is 34.1 Å². The molecular formula is C18H22O7. The molecule has 0 aliphatic carbocycles. The minimum atomic E-state index is -1.24. The zero-order valence-electron chi connectivity index (χ0n) is 14.1. The molecule has 2 N–H and O–H groups in total. The highest BCUT2D eigenvalue weighted by molar-refractivity contribution is 6.02. The molecule has 0 fully saturated rings. The van der Waals surface area contributed by atoms with Gasteiger partial charge in [-0.25, -0.2) is 14.4 Å². The highest BCUT2D eigenvalue weighted by Crippen LogP contribution is 2.13. The van der Waals surface area contributed by atoms with Crippen molar-refractivity contribution in [3.05, 3.63) is 47.5 Å². The molecule has 1 aromatic carbocycles. The van der Waals surface area contributed by atoms with Gasteiger partial charge in [-0.05, 0) is 38.3 Å². The Morgan fingerprint density at radius 3 is 2.36 bits per heavy atom. The van der Waals surface area contributed by atoms with Gasteiger partial charge in [0.25, 0.3) is 0 Å². The zero-order chi connectivity index (χ0) is 18.8. The van der Waals surface area contributed by atoms with Crippen molar-refractivity contribution in [2.45, 2.75) is 32.3 Å². The average molecular weight is 350 g/mol. The fourth-order valence-corrected chi connectivity index (χ4v) is 2.01. The molecule has 1 atom stereocenters. The number of esters is 2. The van der Waals surface area contributed by atoms with Gasteiger partial charge in [-0.3, -0.25) is 0 Å². The van der Waals surface area contributed by atoms with Gasteiger partial charge in [0.1, 0.15) is 12.7 Å². The Balaban J connectivity index is 2.74. The summed E-state index contributed by atoms with van der Waals surface area (Å²) in [7, 11) is 0. The van der Waals surface area contributed by atoms with Crippen molar-refractivity contribution in [3.63, 3.8) is 0 Å². The fourth-order valence-electron chi connectivity index (χ4n) is 2.01. The van der Waals surface area contributed by atoms with Crippen LogP contribution in [0.1, 0.15) is 46.9 Å². The summed E-state index contributed by atoms with van der Waals surface area (Å²) in [6, 6.07) is 5.70. The lowest BCUT2D eigenvalue weighted by molar-refractivity contribution is -0.146. The Morgan fingerprint density at radius 1 is 1.16 bits per heavy atom. The Kier molecular flexibility index (Phi) is 8.35. The quantitative estimate of drug-likeness (QED) is 0.378. The molecule has 1 aromatic rings. The van der Waals surface area contributed by atoms with Gasteiger partial charge in [0, 0.05) is 12.2 Å². The Morgan fingerprint density at radius 2 is 1.80 bits per heavy atom. The molecule has 0 saturated heterocycles. The summed E-state index contributed by atoms with van der Waals surface area (Å²) in [5.41, 5.74) is -0.0201. The van der Waals surface area contributed by atoms with Crippen molar-refractivity contribution in [3.8, 4) is 0 Å². The van der Waals surface area contributed by atoms with Gasteiger partial charge in [0.05, 0.1) is 11.1 Å². The second-order valence-electron chi connectivity index (χ2n) is 5.48. The maximum absolute atomic E-state index is 12.1. The molecule has 0 spiro atoms. The largest absolute Gasteiger partial charge is 0.478 e. The van der Waals surface area contributed by atoms with E-state index in [1.165, 1.54) is 31.2 Å². The topological polar surface area (TPSA) is 110 Å². The van der Waals surface area contributed by atoms with Crippen LogP contribution in [-0.4, -0.2) is 47.4 Å². The molecule has 7 heteroatoms. The van der Waals surface area contributed by atoms with Crippen LogP contribution in [-0.2, 0) is 14.3 Å². The third-order valence-electron chi connectivity index (χ3n) is 3.33. The lowest BCUT2D eigenvalue weighted by Crippen LogP contribution is -2.26. The van der Waals surface area contributed by atoms with E-state index in [0.29, 0.717) is 19.3 Å². The van der Waals surface area contributed by atoms with E-state index in [9.17, 15) is 14.4 Å². The molecule has 1 rings (SSSR count). The molecule has 0 radical (unpaired) electrons. The predicted molar refractivity (Wildman–Crippen MR) is 89.3 cm³/mol. The molecule has 0 heterocycles. The highest BCUT2D eigenvalue weighted by Gasteiger charge is 2.21. The van der Waals surface area contributed by atoms with Gasteiger partial charge in [-0.15, -0.1) is 0 Å². The van der Waals surface area contributed by atoms with Crippen LogP contribution >= 0.6 is 0 Å². The molecule has 0 aliphatic heterocycles. The molecule has 0 aliphatic rings. The molecule has 0 amide bonds. The van der Waals surface area contributed by atoms with Gasteiger partial charge >= 0.3 is 17.9 Å². The molecule has 7 nitrogen and oxygen atoms in total. The number of benzene rings is 1. The number of unbranched alkanes of at least 4 members (excludes halogenated alkanes) is 1.